The summed E-state index contributed by atoms with van der Waals surface area (Å²) in [6.07, 6.45) is 0.939. The van der Waals surface area contributed by atoms with Crippen molar-refractivity contribution in [3.63, 3.8) is 0 Å². The summed E-state index contributed by atoms with van der Waals surface area (Å²) >= 11 is 0. The molecule has 17 heavy (non-hydrogen) atoms. The van der Waals surface area contributed by atoms with Crippen LogP contribution in [0, 0.1) is 5.82 Å². The molecule has 94 valence electrons. The van der Waals surface area contributed by atoms with Crippen LogP contribution in [-0.4, -0.2) is 26.3 Å². The van der Waals surface area contributed by atoms with E-state index in [4.69, 9.17) is 10.5 Å². The Balaban J connectivity index is 2.19. The first kappa shape index (κ1) is 12.3. The monoisotopic (exact) mass is 238 g/mol. The van der Waals surface area contributed by atoms with Crippen LogP contribution in [0.25, 0.3) is 0 Å². The van der Waals surface area contributed by atoms with Gasteiger partial charge in [-0.25, -0.2) is 4.39 Å². The normalized spacial score (nSPS) is 18.9. The molecule has 3 nitrogen and oxygen atoms in total. The molecule has 1 aromatic rings. The highest BCUT2D eigenvalue weighted by Crippen LogP contribution is 2.23. The molecule has 4 heteroatoms. The van der Waals surface area contributed by atoms with Crippen LogP contribution >= 0.6 is 0 Å². The average Bonchev–Trinajstić information content (AvgIpc) is 2.57. The van der Waals surface area contributed by atoms with Crippen LogP contribution in [0.3, 0.4) is 0 Å². The van der Waals surface area contributed by atoms with E-state index < -0.39 is 0 Å². The van der Waals surface area contributed by atoms with Gasteiger partial charge in [-0.2, -0.15) is 0 Å². The third kappa shape index (κ3) is 2.96. The van der Waals surface area contributed by atoms with Gasteiger partial charge in [-0.1, -0.05) is 6.07 Å². The third-order valence-corrected chi connectivity index (χ3v) is 3.06. The number of benzene rings is 1. The minimum absolute atomic E-state index is 0.133. The van der Waals surface area contributed by atoms with E-state index in [1.165, 1.54) is 6.07 Å². The molecule has 1 aromatic carbocycles. The summed E-state index contributed by atoms with van der Waals surface area (Å²) in [5.41, 5.74) is 7.22. The summed E-state index contributed by atoms with van der Waals surface area (Å²) in [5, 5.41) is 0. The SMILES string of the molecule is CC(N)c1ccc(N2CCCOCC2)c(F)c1. The van der Waals surface area contributed by atoms with Crippen molar-refractivity contribution in [1.82, 2.24) is 0 Å². The zero-order chi connectivity index (χ0) is 12.3. The van der Waals surface area contributed by atoms with E-state index in [0.717, 1.165) is 31.7 Å². The van der Waals surface area contributed by atoms with E-state index >= 15 is 0 Å². The number of anilines is 1. The van der Waals surface area contributed by atoms with E-state index in [-0.39, 0.29) is 11.9 Å². The van der Waals surface area contributed by atoms with Gasteiger partial charge in [0.15, 0.2) is 0 Å². The third-order valence-electron chi connectivity index (χ3n) is 3.06. The zero-order valence-electron chi connectivity index (χ0n) is 10.2. The molecule has 1 heterocycles. The van der Waals surface area contributed by atoms with Crippen LogP contribution in [0.15, 0.2) is 18.2 Å². The lowest BCUT2D eigenvalue weighted by Gasteiger charge is -2.23. The van der Waals surface area contributed by atoms with Crippen LogP contribution < -0.4 is 10.6 Å². The first-order valence-electron chi connectivity index (χ1n) is 6.06. The molecular formula is C13H19FN2O. The van der Waals surface area contributed by atoms with E-state index in [1.807, 2.05) is 24.0 Å². The summed E-state index contributed by atoms with van der Waals surface area (Å²) in [6.45, 7) is 4.86. The van der Waals surface area contributed by atoms with Gasteiger partial charge >= 0.3 is 0 Å². The van der Waals surface area contributed by atoms with E-state index in [9.17, 15) is 4.39 Å². The molecule has 1 aliphatic heterocycles. The number of rotatable bonds is 2. The molecule has 0 aliphatic carbocycles. The molecule has 1 unspecified atom stereocenters. The van der Waals surface area contributed by atoms with Gasteiger partial charge in [0.25, 0.3) is 0 Å². The van der Waals surface area contributed by atoms with Crippen molar-refractivity contribution in [3.8, 4) is 0 Å². The van der Waals surface area contributed by atoms with Gasteiger partial charge in [0, 0.05) is 25.7 Å². The molecule has 0 spiro atoms. The molecule has 0 amide bonds. The number of nitrogens with zero attached hydrogens (tertiary/aromatic N) is 1. The van der Waals surface area contributed by atoms with Gasteiger partial charge in [-0.05, 0) is 31.0 Å². The molecule has 2 N–H and O–H groups in total. The maximum atomic E-state index is 14.0. The van der Waals surface area contributed by atoms with Gasteiger partial charge in [-0.15, -0.1) is 0 Å². The Labute approximate surface area is 101 Å². The maximum Gasteiger partial charge on any atom is 0.146 e. The van der Waals surface area contributed by atoms with Gasteiger partial charge in [0.05, 0.1) is 12.3 Å². The lowest BCUT2D eigenvalue weighted by Crippen LogP contribution is -2.26. The first-order valence-corrected chi connectivity index (χ1v) is 6.06. The number of halogens is 1. The molecule has 1 fully saturated rings. The predicted octanol–water partition coefficient (Wildman–Crippen LogP) is 2.07. The highest BCUT2D eigenvalue weighted by Gasteiger charge is 2.14. The fourth-order valence-corrected chi connectivity index (χ4v) is 2.05. The summed E-state index contributed by atoms with van der Waals surface area (Å²) in [7, 11) is 0. The molecule has 0 saturated carbocycles. The van der Waals surface area contributed by atoms with E-state index in [2.05, 4.69) is 0 Å². The van der Waals surface area contributed by atoms with E-state index in [0.29, 0.717) is 12.3 Å². The van der Waals surface area contributed by atoms with Crippen molar-refractivity contribution in [1.29, 1.82) is 0 Å². The lowest BCUT2D eigenvalue weighted by atomic mass is 10.1. The molecule has 1 aliphatic rings. The fourth-order valence-electron chi connectivity index (χ4n) is 2.05. The van der Waals surface area contributed by atoms with Crippen LogP contribution in [-0.2, 0) is 4.74 Å². The van der Waals surface area contributed by atoms with Crippen molar-refractivity contribution >= 4 is 5.69 Å². The van der Waals surface area contributed by atoms with Gasteiger partial charge < -0.3 is 15.4 Å². The fraction of sp³-hybridized carbons (Fsp3) is 0.538. The van der Waals surface area contributed by atoms with Gasteiger partial charge in [-0.3, -0.25) is 0 Å². The van der Waals surface area contributed by atoms with Crippen molar-refractivity contribution < 1.29 is 9.13 Å². The molecule has 0 aromatic heterocycles. The van der Waals surface area contributed by atoms with Crippen LogP contribution in [0.1, 0.15) is 24.9 Å². The molecular weight excluding hydrogens is 219 g/mol. The Morgan fingerprint density at radius 2 is 2.18 bits per heavy atom. The molecule has 0 radical (unpaired) electrons. The summed E-state index contributed by atoms with van der Waals surface area (Å²) in [4.78, 5) is 2.04. The van der Waals surface area contributed by atoms with Gasteiger partial charge in [0.1, 0.15) is 5.82 Å². The summed E-state index contributed by atoms with van der Waals surface area (Å²) in [6, 6.07) is 5.12. The smallest absolute Gasteiger partial charge is 0.146 e. The first-order chi connectivity index (χ1) is 8.18. The van der Waals surface area contributed by atoms with Crippen LogP contribution in [0.5, 0.6) is 0 Å². The zero-order valence-corrected chi connectivity index (χ0v) is 10.2. The maximum absolute atomic E-state index is 14.0. The minimum atomic E-state index is -0.193. The van der Waals surface area contributed by atoms with Crippen LogP contribution in [0.4, 0.5) is 10.1 Å². The van der Waals surface area contributed by atoms with Crippen molar-refractivity contribution in [2.75, 3.05) is 31.2 Å². The Morgan fingerprint density at radius 1 is 1.35 bits per heavy atom. The second-order valence-electron chi connectivity index (χ2n) is 4.45. The largest absolute Gasteiger partial charge is 0.380 e. The number of hydrogen-bond donors (Lipinski definition) is 1. The quantitative estimate of drug-likeness (QED) is 0.857. The average molecular weight is 238 g/mol. The Morgan fingerprint density at radius 3 is 2.88 bits per heavy atom. The standard InChI is InChI=1S/C13H19FN2O/c1-10(15)11-3-4-13(12(14)9-11)16-5-2-7-17-8-6-16/h3-4,9-10H,2,5-8,15H2,1H3. The highest BCUT2D eigenvalue weighted by molar-refractivity contribution is 5.49. The lowest BCUT2D eigenvalue weighted by molar-refractivity contribution is 0.152. The predicted molar refractivity (Wildman–Crippen MR) is 66.7 cm³/mol. The molecule has 1 saturated heterocycles. The van der Waals surface area contributed by atoms with Crippen molar-refractivity contribution in [3.05, 3.63) is 29.6 Å². The van der Waals surface area contributed by atoms with Crippen LogP contribution in [0.2, 0.25) is 0 Å². The second kappa shape index (κ2) is 5.47. The Bertz CT molecular complexity index is 374. The van der Waals surface area contributed by atoms with Crippen molar-refractivity contribution in [2.45, 2.75) is 19.4 Å². The van der Waals surface area contributed by atoms with E-state index in [1.54, 1.807) is 0 Å². The topological polar surface area (TPSA) is 38.5 Å². The Hall–Kier alpha value is -1.13. The molecule has 1 atom stereocenters. The summed E-state index contributed by atoms with van der Waals surface area (Å²) in [5.74, 6) is -0.193. The number of nitrogens with two attached hydrogens (primary N) is 1. The second-order valence-corrected chi connectivity index (χ2v) is 4.45. The highest BCUT2D eigenvalue weighted by atomic mass is 19.1. The number of ether oxygens (including phenoxy) is 1. The molecule has 0 bridgehead atoms. The summed E-state index contributed by atoms with van der Waals surface area (Å²) < 4.78 is 19.4. The number of hydrogen-bond acceptors (Lipinski definition) is 3. The Kier molecular flexibility index (Phi) is 3.97. The van der Waals surface area contributed by atoms with Gasteiger partial charge in [0.2, 0.25) is 0 Å². The molecule has 2 rings (SSSR count). The minimum Gasteiger partial charge on any atom is -0.380 e. The van der Waals surface area contributed by atoms with Crippen molar-refractivity contribution in [2.24, 2.45) is 5.73 Å².